The van der Waals surface area contributed by atoms with Gasteiger partial charge in [0.15, 0.2) is 12.2 Å². The van der Waals surface area contributed by atoms with Crippen LogP contribution in [-0.2, 0) is 65.4 Å². The zero-order valence-corrected chi connectivity index (χ0v) is 61.6. The highest BCUT2D eigenvalue weighted by Gasteiger charge is 2.30. The minimum absolute atomic E-state index is 0.104. The maximum Gasteiger partial charge on any atom is 0.472 e. The van der Waals surface area contributed by atoms with Crippen LogP contribution < -0.4 is 0 Å². The fourth-order valence-corrected chi connectivity index (χ4v) is 12.7. The third kappa shape index (κ3) is 66.7. The van der Waals surface area contributed by atoms with Crippen molar-refractivity contribution >= 4 is 39.5 Å². The molecular weight excluding hydrogens is 1210 g/mol. The Hall–Kier alpha value is -1.94. The van der Waals surface area contributed by atoms with Crippen LogP contribution in [0.1, 0.15) is 375 Å². The van der Waals surface area contributed by atoms with Gasteiger partial charge in [0.1, 0.15) is 19.3 Å². The normalized spacial score (nSPS) is 14.1. The van der Waals surface area contributed by atoms with Crippen molar-refractivity contribution < 1.29 is 80.2 Å². The Morgan fingerprint density at radius 3 is 0.739 bits per heavy atom. The minimum Gasteiger partial charge on any atom is -0.462 e. The largest absolute Gasteiger partial charge is 0.472 e. The van der Waals surface area contributed by atoms with Gasteiger partial charge >= 0.3 is 39.5 Å². The molecule has 0 aromatic rings. The first-order valence-electron chi connectivity index (χ1n) is 38.0. The number of unbranched alkanes of at least 4 members (excludes halogenated alkanes) is 42. The third-order valence-corrected chi connectivity index (χ3v) is 18.9. The molecule has 0 radical (unpaired) electrons. The number of esters is 4. The highest BCUT2D eigenvalue weighted by molar-refractivity contribution is 7.47. The van der Waals surface area contributed by atoms with Gasteiger partial charge in [-0.15, -0.1) is 0 Å². The van der Waals surface area contributed by atoms with Crippen LogP contribution in [0.4, 0.5) is 0 Å². The second kappa shape index (κ2) is 65.0. The molecule has 0 rings (SSSR count). The molecule has 0 bridgehead atoms. The van der Waals surface area contributed by atoms with Crippen LogP contribution in [0.5, 0.6) is 0 Å². The number of ether oxygens (including phenoxy) is 4. The molecule has 0 aliphatic rings. The van der Waals surface area contributed by atoms with Crippen molar-refractivity contribution in [1.29, 1.82) is 0 Å². The number of aliphatic hydroxyl groups excluding tert-OH is 1. The van der Waals surface area contributed by atoms with Gasteiger partial charge in [-0.3, -0.25) is 37.3 Å². The Morgan fingerprint density at radius 2 is 0.500 bits per heavy atom. The zero-order chi connectivity index (χ0) is 67.9. The Labute approximate surface area is 562 Å². The van der Waals surface area contributed by atoms with Crippen molar-refractivity contribution in [2.75, 3.05) is 39.6 Å². The maximum atomic E-state index is 13.0. The van der Waals surface area contributed by atoms with E-state index in [0.29, 0.717) is 31.6 Å². The van der Waals surface area contributed by atoms with E-state index < -0.39 is 97.5 Å². The molecule has 0 aromatic carbocycles. The zero-order valence-electron chi connectivity index (χ0n) is 59.9. The van der Waals surface area contributed by atoms with Crippen molar-refractivity contribution in [3.8, 4) is 0 Å². The first-order chi connectivity index (χ1) is 44.4. The Balaban J connectivity index is 5.19. The van der Waals surface area contributed by atoms with Gasteiger partial charge in [0.2, 0.25) is 0 Å². The number of rotatable bonds is 72. The van der Waals surface area contributed by atoms with Crippen LogP contribution in [-0.4, -0.2) is 96.7 Å². The summed E-state index contributed by atoms with van der Waals surface area (Å²) in [5, 5.41) is 10.6. The molecule has 5 atom stereocenters. The number of hydrogen-bond donors (Lipinski definition) is 3. The summed E-state index contributed by atoms with van der Waals surface area (Å²) in [5.74, 6) is -0.684. The monoisotopic (exact) mass is 1350 g/mol. The molecule has 0 saturated heterocycles. The van der Waals surface area contributed by atoms with E-state index in [2.05, 4.69) is 41.5 Å². The molecule has 0 fully saturated rings. The molecule has 3 N–H and O–H groups in total. The maximum absolute atomic E-state index is 13.0. The molecule has 0 aliphatic heterocycles. The molecule has 0 spiro atoms. The second-order valence-electron chi connectivity index (χ2n) is 27.3. The van der Waals surface area contributed by atoms with Crippen molar-refractivity contribution in [3.05, 3.63) is 0 Å². The molecule has 0 aliphatic carbocycles. The lowest BCUT2D eigenvalue weighted by Gasteiger charge is -2.21. The molecule has 0 saturated carbocycles. The highest BCUT2D eigenvalue weighted by atomic mass is 31.2. The molecular formula is C73H142O17P2. The fourth-order valence-electron chi connectivity index (χ4n) is 11.1. The van der Waals surface area contributed by atoms with Crippen LogP contribution in [0.25, 0.3) is 0 Å². The van der Waals surface area contributed by atoms with Crippen LogP contribution >= 0.6 is 15.6 Å². The average Bonchev–Trinajstić information content (AvgIpc) is 2.62. The van der Waals surface area contributed by atoms with Gasteiger partial charge in [-0.05, 0) is 37.5 Å². The van der Waals surface area contributed by atoms with Crippen LogP contribution in [0.3, 0.4) is 0 Å². The van der Waals surface area contributed by atoms with Gasteiger partial charge in [-0.2, -0.15) is 0 Å². The number of phosphoric ester groups is 2. The van der Waals surface area contributed by atoms with Crippen LogP contribution in [0.2, 0.25) is 0 Å². The summed E-state index contributed by atoms with van der Waals surface area (Å²) in [6.07, 6.45) is 51.6. The summed E-state index contributed by atoms with van der Waals surface area (Å²) in [7, 11) is -9.90. The quantitative estimate of drug-likeness (QED) is 0.0222. The Morgan fingerprint density at radius 1 is 0.293 bits per heavy atom. The van der Waals surface area contributed by atoms with Crippen molar-refractivity contribution in [2.24, 2.45) is 11.8 Å². The van der Waals surface area contributed by atoms with Crippen LogP contribution in [0, 0.1) is 11.8 Å². The van der Waals surface area contributed by atoms with Crippen molar-refractivity contribution in [3.63, 3.8) is 0 Å². The number of carbonyl (C=O) groups is 4. The standard InChI is InChI=1S/C73H142O17P2/c1-7-9-11-13-15-17-19-20-21-22-23-24-25-26-27-28-32-39-45-51-57-72(77)89-68(61-84-71(76)56-50-44-38-33-29-30-35-41-47-53-65(3)4)63-87-91(79,80)85-59-67(74)60-86-92(81,82)88-64-69(90-73(78)58-52-46-40-34-36-42-48-54-66(5)6)62-83-70(75)55-49-43-37-31-18-16-14-12-10-8-2/h65-69,74H,7-64H2,1-6H3,(H,79,80)(H,81,82)/t67-,68-,69-/m1/s1. The summed E-state index contributed by atoms with van der Waals surface area (Å²) >= 11 is 0. The lowest BCUT2D eigenvalue weighted by molar-refractivity contribution is -0.161. The van der Waals surface area contributed by atoms with Gasteiger partial charge in [0.05, 0.1) is 26.4 Å². The summed E-state index contributed by atoms with van der Waals surface area (Å²) in [5.41, 5.74) is 0. The van der Waals surface area contributed by atoms with Gasteiger partial charge in [0, 0.05) is 25.7 Å². The SMILES string of the molecule is CCCCCCCCCCCCCCCCCCCCCCC(=O)O[C@H](COC(=O)CCCCCCCCCCCC(C)C)COP(=O)(O)OC[C@@H](O)COP(=O)(O)OC[C@@H](COC(=O)CCCCCCCCCCCC)OC(=O)CCCCCCCCCC(C)C. The van der Waals surface area contributed by atoms with E-state index >= 15 is 0 Å². The third-order valence-electron chi connectivity index (χ3n) is 17.0. The van der Waals surface area contributed by atoms with E-state index in [9.17, 15) is 43.2 Å². The summed E-state index contributed by atoms with van der Waals surface area (Å²) in [6.45, 7) is 9.48. The second-order valence-corrected chi connectivity index (χ2v) is 30.2. The predicted molar refractivity (Wildman–Crippen MR) is 372 cm³/mol. The van der Waals surface area contributed by atoms with Crippen molar-refractivity contribution in [1.82, 2.24) is 0 Å². The number of hydrogen-bond acceptors (Lipinski definition) is 15. The predicted octanol–water partition coefficient (Wildman–Crippen LogP) is 21.2. The first kappa shape index (κ1) is 90.1. The van der Waals surface area contributed by atoms with Gasteiger partial charge < -0.3 is 33.8 Å². The summed E-state index contributed by atoms with van der Waals surface area (Å²) in [4.78, 5) is 72.6. The smallest absolute Gasteiger partial charge is 0.462 e. The molecule has 19 heteroatoms. The van der Waals surface area contributed by atoms with E-state index in [1.54, 1.807) is 0 Å². The first-order valence-corrected chi connectivity index (χ1v) is 41.0. The van der Waals surface area contributed by atoms with Gasteiger partial charge in [-0.25, -0.2) is 9.13 Å². The van der Waals surface area contributed by atoms with E-state index in [-0.39, 0.29) is 25.7 Å². The van der Waals surface area contributed by atoms with Gasteiger partial charge in [-0.1, -0.05) is 324 Å². The summed E-state index contributed by atoms with van der Waals surface area (Å²) in [6, 6.07) is 0. The van der Waals surface area contributed by atoms with Crippen LogP contribution in [0.15, 0.2) is 0 Å². The lowest BCUT2D eigenvalue weighted by atomic mass is 10.0. The molecule has 92 heavy (non-hydrogen) atoms. The molecule has 0 aromatic heterocycles. The fraction of sp³-hybridized carbons (Fsp3) is 0.945. The highest BCUT2D eigenvalue weighted by Crippen LogP contribution is 2.45. The number of carbonyl (C=O) groups excluding carboxylic acids is 4. The van der Waals surface area contributed by atoms with E-state index in [0.717, 1.165) is 95.8 Å². The molecule has 2 unspecified atom stereocenters. The van der Waals surface area contributed by atoms with Crippen molar-refractivity contribution in [2.45, 2.75) is 394 Å². The molecule has 17 nitrogen and oxygen atoms in total. The van der Waals surface area contributed by atoms with E-state index in [1.807, 2.05) is 0 Å². The van der Waals surface area contributed by atoms with Gasteiger partial charge in [0.25, 0.3) is 0 Å². The lowest BCUT2D eigenvalue weighted by Crippen LogP contribution is -2.30. The Bertz CT molecular complexity index is 1790. The van der Waals surface area contributed by atoms with E-state index in [4.69, 9.17) is 37.0 Å². The number of aliphatic hydroxyl groups is 1. The topological polar surface area (TPSA) is 237 Å². The Kier molecular flexibility index (Phi) is 63.7. The molecule has 0 heterocycles. The van der Waals surface area contributed by atoms with E-state index in [1.165, 1.54) is 193 Å². The minimum atomic E-state index is -4.95. The average molecular weight is 1350 g/mol. The molecule has 546 valence electrons. The summed E-state index contributed by atoms with van der Waals surface area (Å²) < 4.78 is 68.3. The number of phosphoric acid groups is 2. The molecule has 0 amide bonds.